The van der Waals surface area contributed by atoms with Gasteiger partial charge in [0.1, 0.15) is 5.76 Å². The van der Waals surface area contributed by atoms with E-state index in [1.165, 1.54) is 0 Å². The first-order valence-corrected chi connectivity index (χ1v) is 6.04. The maximum absolute atomic E-state index is 11.6. The minimum atomic E-state index is -0.252. The van der Waals surface area contributed by atoms with Crippen LogP contribution in [0.3, 0.4) is 0 Å². The third kappa shape index (κ3) is 3.59. The minimum Gasteiger partial charge on any atom is -0.465 e. The number of amides is 1. The molecular weight excluding hydrogens is 300 g/mol. The second-order valence-corrected chi connectivity index (χ2v) is 4.54. The van der Waals surface area contributed by atoms with Crippen LogP contribution in [-0.2, 0) is 4.79 Å². The molecule has 0 radical (unpaired) electrons. The van der Waals surface area contributed by atoms with Crippen LogP contribution < -0.4 is 10.1 Å². The van der Waals surface area contributed by atoms with Crippen LogP contribution in [0.5, 0.6) is 5.88 Å². The highest BCUT2D eigenvalue weighted by Gasteiger charge is 2.06. The van der Waals surface area contributed by atoms with Crippen molar-refractivity contribution in [3.63, 3.8) is 0 Å². The number of ether oxygens (including phenoxy) is 1. The summed E-state index contributed by atoms with van der Waals surface area (Å²) in [4.78, 5) is 11.6. The Labute approximate surface area is 112 Å². The molecule has 1 aromatic heterocycles. The summed E-state index contributed by atoms with van der Waals surface area (Å²) in [5, 5.41) is 6.33. The average Bonchev–Trinajstić information content (AvgIpc) is 2.76. The predicted octanol–water partition coefficient (Wildman–Crippen LogP) is 2.76. The Hall–Kier alpha value is -1.82. The van der Waals surface area contributed by atoms with E-state index in [-0.39, 0.29) is 12.5 Å². The van der Waals surface area contributed by atoms with Gasteiger partial charge >= 0.3 is 0 Å². The summed E-state index contributed by atoms with van der Waals surface area (Å²) in [5.41, 5.74) is 0.711. The molecule has 6 heteroatoms. The smallest absolute Gasteiger partial charge is 0.262 e. The van der Waals surface area contributed by atoms with Crippen LogP contribution >= 0.6 is 15.9 Å². The van der Waals surface area contributed by atoms with Crippen molar-refractivity contribution in [3.8, 4) is 5.88 Å². The molecule has 0 aliphatic carbocycles. The lowest BCUT2D eigenvalue weighted by Crippen LogP contribution is -2.20. The molecule has 0 aliphatic heterocycles. The SMILES string of the molecule is Cc1cc(OCC(=O)Nc2ccc(Br)cc2)no1. The second-order valence-electron chi connectivity index (χ2n) is 3.62. The lowest BCUT2D eigenvalue weighted by atomic mass is 10.3. The van der Waals surface area contributed by atoms with Gasteiger partial charge in [0.05, 0.1) is 0 Å². The molecule has 0 saturated heterocycles. The summed E-state index contributed by atoms with van der Waals surface area (Å²) < 4.78 is 10.9. The summed E-state index contributed by atoms with van der Waals surface area (Å²) in [6.07, 6.45) is 0. The van der Waals surface area contributed by atoms with E-state index >= 15 is 0 Å². The van der Waals surface area contributed by atoms with Crippen molar-refractivity contribution in [2.75, 3.05) is 11.9 Å². The number of hydrogen-bond acceptors (Lipinski definition) is 4. The molecule has 0 atom stereocenters. The van der Waals surface area contributed by atoms with Gasteiger partial charge in [-0.1, -0.05) is 15.9 Å². The molecule has 0 saturated carbocycles. The lowest BCUT2D eigenvalue weighted by molar-refractivity contribution is -0.118. The number of benzene rings is 1. The van der Waals surface area contributed by atoms with Gasteiger partial charge in [-0.25, -0.2) is 0 Å². The number of hydrogen-bond donors (Lipinski definition) is 1. The lowest BCUT2D eigenvalue weighted by Gasteiger charge is -2.05. The van der Waals surface area contributed by atoms with Gasteiger partial charge in [0, 0.05) is 16.2 Å². The number of carbonyl (C=O) groups excluding carboxylic acids is 1. The van der Waals surface area contributed by atoms with Crippen LogP contribution in [0.25, 0.3) is 0 Å². The Balaban J connectivity index is 1.83. The molecule has 2 rings (SSSR count). The maximum Gasteiger partial charge on any atom is 0.262 e. The topological polar surface area (TPSA) is 64.4 Å². The normalized spacial score (nSPS) is 10.1. The van der Waals surface area contributed by atoms with Crippen molar-refractivity contribution in [2.24, 2.45) is 0 Å². The van der Waals surface area contributed by atoms with Crippen molar-refractivity contribution in [3.05, 3.63) is 40.6 Å². The second kappa shape index (κ2) is 5.68. The largest absolute Gasteiger partial charge is 0.465 e. The Kier molecular flexibility index (Phi) is 3.99. The average molecular weight is 311 g/mol. The van der Waals surface area contributed by atoms with Gasteiger partial charge in [0.15, 0.2) is 6.61 Å². The van der Waals surface area contributed by atoms with Gasteiger partial charge in [-0.05, 0) is 36.3 Å². The number of anilines is 1. The van der Waals surface area contributed by atoms with E-state index in [0.717, 1.165) is 4.47 Å². The Bertz CT molecular complexity index is 537. The van der Waals surface area contributed by atoms with Gasteiger partial charge in [0.2, 0.25) is 0 Å². The zero-order valence-electron chi connectivity index (χ0n) is 9.64. The van der Waals surface area contributed by atoms with Gasteiger partial charge in [-0.15, -0.1) is 0 Å². The van der Waals surface area contributed by atoms with Gasteiger partial charge in [-0.3, -0.25) is 4.79 Å². The number of aryl methyl sites for hydroxylation is 1. The molecule has 18 heavy (non-hydrogen) atoms. The molecule has 1 amide bonds. The molecule has 1 aromatic carbocycles. The van der Waals surface area contributed by atoms with E-state index in [2.05, 4.69) is 26.4 Å². The number of nitrogens with one attached hydrogen (secondary N) is 1. The number of carbonyl (C=O) groups is 1. The molecular formula is C12H11BrN2O3. The third-order valence-corrected chi connectivity index (χ3v) is 2.61. The van der Waals surface area contributed by atoms with Crippen LogP contribution in [0.1, 0.15) is 5.76 Å². The van der Waals surface area contributed by atoms with Crippen molar-refractivity contribution in [1.82, 2.24) is 5.16 Å². The monoisotopic (exact) mass is 310 g/mol. The Morgan fingerprint density at radius 1 is 1.44 bits per heavy atom. The maximum atomic E-state index is 11.6. The fourth-order valence-corrected chi connectivity index (χ4v) is 1.55. The summed E-state index contributed by atoms with van der Waals surface area (Å²) in [7, 11) is 0. The van der Waals surface area contributed by atoms with E-state index in [1.807, 2.05) is 12.1 Å². The molecule has 0 unspecified atom stereocenters. The van der Waals surface area contributed by atoms with Gasteiger partial charge in [0.25, 0.3) is 11.8 Å². The van der Waals surface area contributed by atoms with Crippen LogP contribution in [0.2, 0.25) is 0 Å². The first-order valence-electron chi connectivity index (χ1n) is 5.25. The zero-order chi connectivity index (χ0) is 13.0. The third-order valence-electron chi connectivity index (χ3n) is 2.09. The molecule has 1 N–H and O–H groups in total. The van der Waals surface area contributed by atoms with Crippen LogP contribution in [0.15, 0.2) is 39.3 Å². The summed E-state index contributed by atoms with van der Waals surface area (Å²) in [6.45, 7) is 1.64. The highest BCUT2D eigenvalue weighted by Crippen LogP contribution is 2.14. The zero-order valence-corrected chi connectivity index (χ0v) is 11.2. The number of nitrogens with zero attached hydrogens (tertiary/aromatic N) is 1. The highest BCUT2D eigenvalue weighted by atomic mass is 79.9. The van der Waals surface area contributed by atoms with Crippen molar-refractivity contribution < 1.29 is 14.1 Å². The first-order chi connectivity index (χ1) is 8.63. The molecule has 2 aromatic rings. The summed E-state index contributed by atoms with van der Waals surface area (Å²) in [5.74, 6) is 0.690. The van der Waals surface area contributed by atoms with Crippen LogP contribution in [-0.4, -0.2) is 17.7 Å². The molecule has 94 valence electrons. The Morgan fingerprint density at radius 2 is 2.17 bits per heavy atom. The minimum absolute atomic E-state index is 0.109. The van der Waals surface area contributed by atoms with E-state index in [4.69, 9.17) is 9.26 Å². The highest BCUT2D eigenvalue weighted by molar-refractivity contribution is 9.10. The standard InChI is InChI=1S/C12H11BrN2O3/c1-8-6-12(15-18-8)17-7-11(16)14-10-4-2-9(13)3-5-10/h2-6H,7H2,1H3,(H,14,16). The van der Waals surface area contributed by atoms with Gasteiger partial charge in [-0.2, -0.15) is 0 Å². The van der Waals surface area contributed by atoms with Crippen LogP contribution in [0, 0.1) is 6.92 Å². The molecule has 0 aliphatic rings. The van der Waals surface area contributed by atoms with Crippen molar-refractivity contribution in [2.45, 2.75) is 6.92 Å². The van der Waals surface area contributed by atoms with E-state index < -0.39 is 0 Å². The molecule has 0 bridgehead atoms. The molecule has 0 spiro atoms. The van der Waals surface area contributed by atoms with E-state index in [9.17, 15) is 4.79 Å². The predicted molar refractivity (Wildman–Crippen MR) is 69.5 cm³/mol. The fourth-order valence-electron chi connectivity index (χ4n) is 1.28. The quantitative estimate of drug-likeness (QED) is 0.943. The summed E-state index contributed by atoms with van der Waals surface area (Å²) >= 11 is 3.32. The fraction of sp³-hybridized carbons (Fsp3) is 0.167. The van der Waals surface area contributed by atoms with Gasteiger partial charge < -0.3 is 14.6 Å². The summed E-state index contributed by atoms with van der Waals surface area (Å²) in [6, 6.07) is 8.90. The molecule has 0 fully saturated rings. The number of rotatable bonds is 4. The molecule has 5 nitrogen and oxygen atoms in total. The van der Waals surface area contributed by atoms with Crippen molar-refractivity contribution in [1.29, 1.82) is 0 Å². The Morgan fingerprint density at radius 3 is 2.78 bits per heavy atom. The number of halogens is 1. The van der Waals surface area contributed by atoms with Crippen molar-refractivity contribution >= 4 is 27.5 Å². The first kappa shape index (κ1) is 12.6. The number of aromatic nitrogens is 1. The van der Waals surface area contributed by atoms with E-state index in [0.29, 0.717) is 17.3 Å². The molecule has 1 heterocycles. The van der Waals surface area contributed by atoms with Crippen LogP contribution in [0.4, 0.5) is 5.69 Å². The van der Waals surface area contributed by atoms with E-state index in [1.54, 1.807) is 25.1 Å².